The van der Waals surface area contributed by atoms with Gasteiger partial charge < -0.3 is 14.5 Å². The number of carbonyl (C=O) groups is 1. The Labute approximate surface area is 218 Å². The van der Waals surface area contributed by atoms with Gasteiger partial charge in [-0.25, -0.2) is 9.59 Å². The third-order valence-electron chi connectivity index (χ3n) is 5.94. The maximum Gasteiger partial charge on any atom is 0.410 e. The van der Waals surface area contributed by atoms with Crippen LogP contribution in [0, 0.1) is 0 Å². The van der Waals surface area contributed by atoms with E-state index in [1.165, 1.54) is 0 Å². The fourth-order valence-corrected chi connectivity index (χ4v) is 4.78. The Bertz CT molecular complexity index is 1320. The fraction of sp³-hybridized carbons (Fsp3) is 0.423. The SMILES string of the molecule is CC(C)c1ccccc1-n1c(=O)nc(N2CCN(C(=O)OC(C)(C)C)CC2)c2cc(Cl)c(Br)cc21. The van der Waals surface area contributed by atoms with Crippen molar-refractivity contribution in [2.75, 3.05) is 31.1 Å². The highest BCUT2D eigenvalue weighted by Crippen LogP contribution is 2.34. The first-order valence-corrected chi connectivity index (χ1v) is 12.9. The van der Waals surface area contributed by atoms with Crippen LogP contribution in [-0.2, 0) is 4.74 Å². The molecule has 35 heavy (non-hydrogen) atoms. The number of halogens is 2. The van der Waals surface area contributed by atoms with Gasteiger partial charge in [0.05, 0.1) is 16.2 Å². The van der Waals surface area contributed by atoms with Crippen molar-refractivity contribution in [3.63, 3.8) is 0 Å². The summed E-state index contributed by atoms with van der Waals surface area (Å²) in [6.45, 7) is 11.8. The van der Waals surface area contributed by atoms with E-state index < -0.39 is 5.60 Å². The quantitative estimate of drug-likeness (QED) is 0.393. The second kappa shape index (κ2) is 9.82. The summed E-state index contributed by atoms with van der Waals surface area (Å²) >= 11 is 10.0. The van der Waals surface area contributed by atoms with Crippen LogP contribution in [0.5, 0.6) is 0 Å². The Morgan fingerprint density at radius 2 is 1.77 bits per heavy atom. The number of piperazine rings is 1. The molecule has 1 fully saturated rings. The Kier molecular flexibility index (Phi) is 7.16. The third-order valence-corrected chi connectivity index (χ3v) is 7.14. The van der Waals surface area contributed by atoms with E-state index in [9.17, 15) is 9.59 Å². The normalized spacial score (nSPS) is 14.6. The molecule has 2 heterocycles. The predicted molar refractivity (Wildman–Crippen MR) is 144 cm³/mol. The molecule has 1 aliphatic heterocycles. The van der Waals surface area contributed by atoms with Crippen molar-refractivity contribution >= 4 is 50.3 Å². The number of aromatic nitrogens is 2. The van der Waals surface area contributed by atoms with E-state index in [0.717, 1.165) is 22.2 Å². The minimum Gasteiger partial charge on any atom is -0.444 e. The van der Waals surface area contributed by atoms with E-state index in [4.69, 9.17) is 16.3 Å². The molecular weight excluding hydrogens is 532 g/mol. The molecule has 0 bridgehead atoms. The van der Waals surface area contributed by atoms with Gasteiger partial charge in [-0.2, -0.15) is 4.98 Å². The summed E-state index contributed by atoms with van der Waals surface area (Å²) in [5.41, 5.74) is 1.68. The van der Waals surface area contributed by atoms with Crippen molar-refractivity contribution in [1.29, 1.82) is 0 Å². The van der Waals surface area contributed by atoms with Crippen molar-refractivity contribution in [2.24, 2.45) is 0 Å². The summed E-state index contributed by atoms with van der Waals surface area (Å²) in [5, 5.41) is 1.32. The molecule has 0 saturated carbocycles. The number of fused-ring (bicyclic) bond motifs is 1. The molecule has 0 radical (unpaired) electrons. The number of hydrogen-bond donors (Lipinski definition) is 0. The number of rotatable bonds is 3. The van der Waals surface area contributed by atoms with Crippen molar-refractivity contribution < 1.29 is 9.53 Å². The number of ether oxygens (including phenoxy) is 1. The third kappa shape index (κ3) is 5.33. The van der Waals surface area contributed by atoms with E-state index in [1.54, 1.807) is 9.47 Å². The van der Waals surface area contributed by atoms with Crippen LogP contribution < -0.4 is 10.6 Å². The molecule has 0 unspecified atom stereocenters. The average molecular weight is 562 g/mol. The van der Waals surface area contributed by atoms with E-state index in [-0.39, 0.29) is 17.7 Å². The average Bonchev–Trinajstić information content (AvgIpc) is 2.79. The summed E-state index contributed by atoms with van der Waals surface area (Å²) in [6.07, 6.45) is -0.331. The first-order chi connectivity index (χ1) is 16.5. The van der Waals surface area contributed by atoms with Crippen LogP contribution in [0.2, 0.25) is 5.02 Å². The van der Waals surface area contributed by atoms with E-state index in [2.05, 4.69) is 34.8 Å². The van der Waals surface area contributed by atoms with Crippen LogP contribution >= 0.6 is 27.5 Å². The summed E-state index contributed by atoms with van der Waals surface area (Å²) < 4.78 is 7.87. The number of benzene rings is 2. The maximum atomic E-state index is 13.5. The predicted octanol–water partition coefficient (Wildman–Crippen LogP) is 5.98. The number of para-hydroxylation sites is 1. The highest BCUT2D eigenvalue weighted by Gasteiger charge is 2.28. The molecule has 0 aliphatic carbocycles. The molecule has 1 aromatic heterocycles. The number of carbonyl (C=O) groups excluding carboxylic acids is 1. The number of nitrogens with zero attached hydrogens (tertiary/aromatic N) is 4. The van der Waals surface area contributed by atoms with Crippen molar-refractivity contribution in [2.45, 2.75) is 46.1 Å². The summed E-state index contributed by atoms with van der Waals surface area (Å²) in [7, 11) is 0. The van der Waals surface area contributed by atoms with Gasteiger partial charge in [-0.3, -0.25) is 4.57 Å². The molecule has 0 N–H and O–H groups in total. The molecule has 1 saturated heterocycles. The minimum atomic E-state index is -0.549. The van der Waals surface area contributed by atoms with E-state index in [0.29, 0.717) is 41.5 Å². The molecule has 186 valence electrons. The lowest BCUT2D eigenvalue weighted by atomic mass is 10.0. The largest absolute Gasteiger partial charge is 0.444 e. The standard InChI is InChI=1S/C26H30BrClN4O3/c1-16(2)17-8-6-7-9-21(17)32-22-15-19(27)20(28)14-18(22)23(29-24(32)33)30-10-12-31(13-11-30)25(34)35-26(3,4)5/h6-9,14-16H,10-13H2,1-5H3. The molecule has 1 amide bonds. The van der Waals surface area contributed by atoms with E-state index >= 15 is 0 Å². The van der Waals surface area contributed by atoms with Gasteiger partial charge >= 0.3 is 11.8 Å². The zero-order valence-electron chi connectivity index (χ0n) is 20.6. The maximum absolute atomic E-state index is 13.5. The molecule has 9 heteroatoms. The van der Waals surface area contributed by atoms with Crippen LogP contribution in [0.15, 0.2) is 45.7 Å². The molecule has 0 atom stereocenters. The van der Waals surface area contributed by atoms with Gasteiger partial charge in [-0.05, 0) is 66.4 Å². The Balaban J connectivity index is 1.77. The van der Waals surface area contributed by atoms with Gasteiger partial charge in [0.15, 0.2) is 0 Å². The number of amides is 1. The first kappa shape index (κ1) is 25.5. The smallest absolute Gasteiger partial charge is 0.410 e. The Hall–Kier alpha value is -2.58. The minimum absolute atomic E-state index is 0.226. The van der Waals surface area contributed by atoms with Gasteiger partial charge in [0, 0.05) is 36.0 Å². The lowest BCUT2D eigenvalue weighted by molar-refractivity contribution is 0.0240. The highest BCUT2D eigenvalue weighted by atomic mass is 79.9. The van der Waals surface area contributed by atoms with Crippen molar-refractivity contribution in [1.82, 2.24) is 14.5 Å². The van der Waals surface area contributed by atoms with Crippen LogP contribution in [0.4, 0.5) is 10.6 Å². The highest BCUT2D eigenvalue weighted by molar-refractivity contribution is 9.10. The van der Waals surface area contributed by atoms with Gasteiger partial charge in [-0.15, -0.1) is 0 Å². The van der Waals surface area contributed by atoms with Crippen LogP contribution in [-0.4, -0.2) is 52.3 Å². The second-order valence-electron chi connectivity index (χ2n) is 10.0. The summed E-state index contributed by atoms with van der Waals surface area (Å²) in [5.74, 6) is 0.797. The van der Waals surface area contributed by atoms with Gasteiger partial charge in [0.2, 0.25) is 0 Å². The summed E-state index contributed by atoms with van der Waals surface area (Å²) in [4.78, 5) is 34.2. The molecule has 0 spiro atoms. The Morgan fingerprint density at radius 3 is 2.40 bits per heavy atom. The van der Waals surface area contributed by atoms with E-state index in [1.807, 2.05) is 62.1 Å². The lowest BCUT2D eigenvalue weighted by Crippen LogP contribution is -2.50. The lowest BCUT2D eigenvalue weighted by Gasteiger charge is -2.36. The molecule has 1 aliphatic rings. The molecule has 7 nitrogen and oxygen atoms in total. The van der Waals surface area contributed by atoms with Gasteiger partial charge in [0.25, 0.3) is 0 Å². The zero-order chi connectivity index (χ0) is 25.5. The first-order valence-electron chi connectivity index (χ1n) is 11.7. The van der Waals surface area contributed by atoms with Crippen LogP contribution in [0.1, 0.15) is 46.1 Å². The van der Waals surface area contributed by atoms with Crippen molar-refractivity contribution in [3.8, 4) is 5.69 Å². The van der Waals surface area contributed by atoms with Crippen LogP contribution in [0.3, 0.4) is 0 Å². The van der Waals surface area contributed by atoms with Crippen molar-refractivity contribution in [3.05, 3.63) is 61.9 Å². The topological polar surface area (TPSA) is 67.7 Å². The number of hydrogen-bond acceptors (Lipinski definition) is 5. The zero-order valence-corrected chi connectivity index (χ0v) is 23.0. The van der Waals surface area contributed by atoms with Gasteiger partial charge in [-0.1, -0.05) is 43.6 Å². The van der Waals surface area contributed by atoms with Gasteiger partial charge in [0.1, 0.15) is 11.4 Å². The molecule has 4 rings (SSSR count). The second-order valence-corrected chi connectivity index (χ2v) is 11.3. The molecule has 3 aromatic rings. The summed E-state index contributed by atoms with van der Waals surface area (Å²) in [6, 6.07) is 11.6. The molecular formula is C26H30BrClN4O3. The molecule has 2 aromatic carbocycles. The fourth-order valence-electron chi connectivity index (χ4n) is 4.28. The monoisotopic (exact) mass is 560 g/mol. The Morgan fingerprint density at radius 1 is 1.11 bits per heavy atom. The van der Waals surface area contributed by atoms with Crippen LogP contribution in [0.25, 0.3) is 16.6 Å². The number of anilines is 1.